The fourth-order valence-electron chi connectivity index (χ4n) is 1.55. The van der Waals surface area contributed by atoms with Gasteiger partial charge >= 0.3 is 5.69 Å². The van der Waals surface area contributed by atoms with E-state index in [-0.39, 0.29) is 17.5 Å². The van der Waals surface area contributed by atoms with Crippen LogP contribution in [-0.2, 0) is 0 Å². The van der Waals surface area contributed by atoms with Crippen LogP contribution in [0.5, 0.6) is 0 Å². The molecule has 0 aromatic carbocycles. The summed E-state index contributed by atoms with van der Waals surface area (Å²) in [5, 5.41) is 16.6. The highest BCUT2D eigenvalue weighted by molar-refractivity contribution is 5.57. The highest BCUT2D eigenvalue weighted by atomic mass is 16.6. The van der Waals surface area contributed by atoms with Gasteiger partial charge in [0.2, 0.25) is 11.8 Å². The van der Waals surface area contributed by atoms with Crippen LogP contribution in [0.25, 0.3) is 0 Å². The molecule has 0 saturated carbocycles. The van der Waals surface area contributed by atoms with E-state index in [1.54, 1.807) is 25.4 Å². The smallest absolute Gasteiger partial charge is 0.329 e. The maximum absolute atomic E-state index is 10.9. The number of hydrogen-bond acceptors (Lipinski definition) is 7. The van der Waals surface area contributed by atoms with Crippen molar-refractivity contribution in [2.45, 2.75) is 13.0 Å². The summed E-state index contributed by atoms with van der Waals surface area (Å²) in [4.78, 5) is 18.3. The molecule has 2 aromatic heterocycles. The monoisotopic (exact) mass is 263 g/mol. The lowest BCUT2D eigenvalue weighted by molar-refractivity contribution is -0.384. The Kier molecular flexibility index (Phi) is 3.60. The van der Waals surface area contributed by atoms with Gasteiger partial charge in [0.05, 0.1) is 17.2 Å². The molecule has 0 bridgehead atoms. The molecule has 0 amide bonds. The lowest BCUT2D eigenvalue weighted by Crippen LogP contribution is -2.11. The van der Waals surface area contributed by atoms with E-state index in [0.29, 0.717) is 11.7 Å². The summed E-state index contributed by atoms with van der Waals surface area (Å²) in [6.45, 7) is 1.82. The zero-order valence-corrected chi connectivity index (χ0v) is 10.5. The van der Waals surface area contributed by atoms with E-state index in [4.69, 9.17) is 4.42 Å². The molecule has 0 aliphatic heterocycles. The third-order valence-electron chi connectivity index (χ3n) is 2.51. The topological polar surface area (TPSA) is 106 Å². The minimum absolute atomic E-state index is 0.147. The van der Waals surface area contributed by atoms with Crippen LogP contribution in [0.2, 0.25) is 0 Å². The molecule has 100 valence electrons. The first-order valence-corrected chi connectivity index (χ1v) is 5.61. The normalized spacial score (nSPS) is 11.9. The first kappa shape index (κ1) is 12.8. The number of nitro groups is 1. The number of furan rings is 1. The lowest BCUT2D eigenvalue weighted by atomic mass is 10.2. The Bertz CT molecular complexity index is 570. The molecule has 0 spiro atoms. The van der Waals surface area contributed by atoms with Crippen molar-refractivity contribution in [1.29, 1.82) is 0 Å². The molecule has 1 unspecified atom stereocenters. The fraction of sp³-hybridized carbons (Fsp3) is 0.273. The van der Waals surface area contributed by atoms with Crippen molar-refractivity contribution in [2.75, 3.05) is 17.7 Å². The summed E-state index contributed by atoms with van der Waals surface area (Å²) in [5.41, 5.74) is -0.183. The molecule has 2 rings (SSSR count). The van der Waals surface area contributed by atoms with Gasteiger partial charge < -0.3 is 15.1 Å². The van der Waals surface area contributed by atoms with Crippen LogP contribution in [0.1, 0.15) is 18.7 Å². The van der Waals surface area contributed by atoms with Crippen molar-refractivity contribution in [2.24, 2.45) is 0 Å². The van der Waals surface area contributed by atoms with Gasteiger partial charge in [-0.3, -0.25) is 10.1 Å². The number of aromatic nitrogens is 2. The Morgan fingerprint density at radius 3 is 2.89 bits per heavy atom. The molecule has 8 heteroatoms. The molecular weight excluding hydrogens is 250 g/mol. The van der Waals surface area contributed by atoms with Gasteiger partial charge in [-0.2, -0.15) is 4.98 Å². The Morgan fingerprint density at radius 1 is 1.53 bits per heavy atom. The average molecular weight is 263 g/mol. The first-order valence-electron chi connectivity index (χ1n) is 5.61. The van der Waals surface area contributed by atoms with Crippen molar-refractivity contribution in [1.82, 2.24) is 9.97 Å². The van der Waals surface area contributed by atoms with Crippen LogP contribution in [0.3, 0.4) is 0 Å². The lowest BCUT2D eigenvalue weighted by Gasteiger charge is -2.12. The predicted molar refractivity (Wildman–Crippen MR) is 69.0 cm³/mol. The van der Waals surface area contributed by atoms with Crippen molar-refractivity contribution in [3.05, 3.63) is 40.5 Å². The summed E-state index contributed by atoms with van der Waals surface area (Å²) in [6, 6.07) is 3.29. The second-order valence-corrected chi connectivity index (χ2v) is 3.82. The molecule has 0 saturated heterocycles. The number of anilines is 2. The highest BCUT2D eigenvalue weighted by Gasteiger charge is 2.20. The summed E-state index contributed by atoms with van der Waals surface area (Å²) >= 11 is 0. The number of hydrogen-bond donors (Lipinski definition) is 2. The molecular formula is C11H13N5O3. The zero-order chi connectivity index (χ0) is 13.8. The Morgan fingerprint density at radius 2 is 2.32 bits per heavy atom. The molecule has 2 N–H and O–H groups in total. The Hall–Kier alpha value is -2.64. The SMILES string of the molecule is CNc1ncc([N+](=O)[O-])c(NC(C)c2ccco2)n1. The van der Waals surface area contributed by atoms with Crippen molar-refractivity contribution < 1.29 is 9.34 Å². The Balaban J connectivity index is 2.29. The molecule has 0 radical (unpaired) electrons. The quantitative estimate of drug-likeness (QED) is 0.629. The van der Waals surface area contributed by atoms with Gasteiger partial charge in [-0.05, 0) is 19.1 Å². The van der Waals surface area contributed by atoms with Crippen LogP contribution < -0.4 is 10.6 Å². The maximum atomic E-state index is 10.9. The van der Waals surface area contributed by atoms with E-state index in [9.17, 15) is 10.1 Å². The number of nitrogens with zero attached hydrogens (tertiary/aromatic N) is 3. The van der Waals surface area contributed by atoms with Gasteiger partial charge in [0, 0.05) is 7.05 Å². The van der Waals surface area contributed by atoms with Crippen molar-refractivity contribution in [3.63, 3.8) is 0 Å². The van der Waals surface area contributed by atoms with Crippen LogP contribution >= 0.6 is 0 Å². The molecule has 0 fully saturated rings. The summed E-state index contributed by atoms with van der Waals surface area (Å²) < 4.78 is 5.23. The summed E-state index contributed by atoms with van der Waals surface area (Å²) in [5.74, 6) is 1.12. The highest BCUT2D eigenvalue weighted by Crippen LogP contribution is 2.26. The van der Waals surface area contributed by atoms with Crippen LogP contribution in [-0.4, -0.2) is 21.9 Å². The van der Waals surface area contributed by atoms with Crippen molar-refractivity contribution in [3.8, 4) is 0 Å². The fourth-order valence-corrected chi connectivity index (χ4v) is 1.55. The third kappa shape index (κ3) is 2.79. The molecule has 1 atom stereocenters. The van der Waals surface area contributed by atoms with E-state index < -0.39 is 4.92 Å². The summed E-state index contributed by atoms with van der Waals surface area (Å²) in [7, 11) is 1.64. The minimum Gasteiger partial charge on any atom is -0.467 e. The maximum Gasteiger partial charge on any atom is 0.329 e. The van der Waals surface area contributed by atoms with Gasteiger partial charge in [-0.1, -0.05) is 0 Å². The Labute approximate surface area is 109 Å². The van der Waals surface area contributed by atoms with Gasteiger partial charge in [-0.15, -0.1) is 0 Å². The molecule has 2 aromatic rings. The number of nitrogens with one attached hydrogen (secondary N) is 2. The second-order valence-electron chi connectivity index (χ2n) is 3.82. The predicted octanol–water partition coefficient (Wildman–Crippen LogP) is 2.19. The standard InChI is InChI=1S/C11H13N5O3/c1-7(9-4-3-5-19-9)14-10-8(16(17)18)6-13-11(12-2)15-10/h3-7H,1-2H3,(H2,12,13,14,15). The summed E-state index contributed by atoms with van der Waals surface area (Å²) in [6.07, 6.45) is 2.71. The molecule has 0 aliphatic carbocycles. The molecule has 0 aliphatic rings. The second kappa shape index (κ2) is 5.34. The molecule has 8 nitrogen and oxygen atoms in total. The van der Waals surface area contributed by atoms with Gasteiger partial charge in [0.15, 0.2) is 0 Å². The van der Waals surface area contributed by atoms with Crippen molar-refractivity contribution >= 4 is 17.5 Å². The van der Waals surface area contributed by atoms with Crippen LogP contribution in [0.15, 0.2) is 29.0 Å². The zero-order valence-electron chi connectivity index (χ0n) is 10.5. The third-order valence-corrected chi connectivity index (χ3v) is 2.51. The first-order chi connectivity index (χ1) is 9.11. The minimum atomic E-state index is -0.531. The van der Waals surface area contributed by atoms with Gasteiger partial charge in [0.25, 0.3) is 0 Å². The average Bonchev–Trinajstić information content (AvgIpc) is 2.92. The molecule has 19 heavy (non-hydrogen) atoms. The largest absolute Gasteiger partial charge is 0.467 e. The van der Waals surface area contributed by atoms with E-state index >= 15 is 0 Å². The molecule has 2 heterocycles. The number of rotatable bonds is 5. The van der Waals surface area contributed by atoms with E-state index in [1.165, 1.54) is 0 Å². The van der Waals surface area contributed by atoms with E-state index in [2.05, 4.69) is 20.6 Å². The van der Waals surface area contributed by atoms with Gasteiger partial charge in [0.1, 0.15) is 12.0 Å². The van der Waals surface area contributed by atoms with Crippen LogP contribution in [0.4, 0.5) is 17.5 Å². The van der Waals surface area contributed by atoms with Crippen LogP contribution in [0, 0.1) is 10.1 Å². The van der Waals surface area contributed by atoms with Gasteiger partial charge in [-0.25, -0.2) is 4.98 Å². The van der Waals surface area contributed by atoms with E-state index in [1.807, 2.05) is 6.92 Å². The van der Waals surface area contributed by atoms with E-state index in [0.717, 1.165) is 6.20 Å².